The van der Waals surface area contributed by atoms with Crippen molar-refractivity contribution in [1.29, 1.82) is 0 Å². The number of aryl methyl sites for hydroxylation is 1. The van der Waals surface area contributed by atoms with Crippen LogP contribution in [0.3, 0.4) is 0 Å². The minimum atomic E-state index is -0.620. The van der Waals surface area contributed by atoms with Crippen molar-refractivity contribution in [2.24, 2.45) is 0 Å². The van der Waals surface area contributed by atoms with Crippen LogP contribution < -0.4 is 11.4 Å². The molecular formula is C25H19ClFN7O3. The largest absolute Gasteiger partial charge is 0.464 e. The number of ether oxygens (including phenoxy) is 1. The maximum atomic E-state index is 13.5. The van der Waals surface area contributed by atoms with Crippen molar-refractivity contribution in [3.8, 4) is 22.4 Å². The molecule has 0 atom stereocenters. The smallest absolute Gasteiger partial charge is 0.356 e. The summed E-state index contributed by atoms with van der Waals surface area (Å²) >= 11 is 6.13. The Balaban J connectivity index is 1.81. The average Bonchev–Trinajstić information content (AvgIpc) is 3.21. The number of nitrogens with two attached hydrogens (primary N) is 1. The third-order valence-corrected chi connectivity index (χ3v) is 5.95. The number of nitrogens with zero attached hydrogens (tertiary/aromatic N) is 6. The molecule has 37 heavy (non-hydrogen) atoms. The second kappa shape index (κ2) is 9.43. The molecule has 2 N–H and O–H groups in total. The van der Waals surface area contributed by atoms with Gasteiger partial charge in [-0.1, -0.05) is 41.9 Å². The molecule has 0 fully saturated rings. The maximum Gasteiger partial charge on any atom is 0.356 e. The van der Waals surface area contributed by atoms with Gasteiger partial charge in [0.1, 0.15) is 11.5 Å². The number of anilines is 1. The second-order valence-electron chi connectivity index (χ2n) is 8.11. The molecule has 186 valence electrons. The normalized spacial score (nSPS) is 11.1. The van der Waals surface area contributed by atoms with Gasteiger partial charge in [0, 0.05) is 11.3 Å². The molecule has 5 rings (SSSR count). The van der Waals surface area contributed by atoms with Gasteiger partial charge in [0.2, 0.25) is 5.95 Å². The summed E-state index contributed by atoms with van der Waals surface area (Å²) in [6.45, 7) is 1.59. The third kappa shape index (κ3) is 4.40. The van der Waals surface area contributed by atoms with Gasteiger partial charge in [0.25, 0.3) is 0 Å². The summed E-state index contributed by atoms with van der Waals surface area (Å²) in [5, 5.41) is 4.59. The van der Waals surface area contributed by atoms with Crippen LogP contribution in [-0.2, 0) is 11.3 Å². The highest BCUT2D eigenvalue weighted by Gasteiger charge is 2.23. The predicted octanol–water partition coefficient (Wildman–Crippen LogP) is 3.53. The van der Waals surface area contributed by atoms with Crippen LogP contribution in [0.1, 0.15) is 21.9 Å². The molecule has 4 aromatic heterocycles. The summed E-state index contributed by atoms with van der Waals surface area (Å²) in [7, 11) is 1.26. The number of aromatic nitrogens is 6. The number of carbonyl (C=O) groups excluding carboxylic acids is 1. The van der Waals surface area contributed by atoms with Gasteiger partial charge in [-0.3, -0.25) is 4.98 Å². The zero-order chi connectivity index (χ0) is 26.3. The summed E-state index contributed by atoms with van der Waals surface area (Å²) in [6, 6.07) is 13.6. The number of fused-ring (bicyclic) bond motifs is 1. The van der Waals surface area contributed by atoms with Gasteiger partial charge in [-0.15, -0.1) is 5.10 Å². The van der Waals surface area contributed by atoms with Crippen molar-refractivity contribution in [3.63, 3.8) is 0 Å². The Morgan fingerprint density at radius 1 is 1.14 bits per heavy atom. The van der Waals surface area contributed by atoms with Gasteiger partial charge in [0.05, 0.1) is 41.8 Å². The quantitative estimate of drug-likeness (QED) is 0.349. The molecule has 0 aliphatic heterocycles. The molecule has 4 heterocycles. The van der Waals surface area contributed by atoms with Crippen molar-refractivity contribution >= 4 is 29.2 Å². The highest BCUT2D eigenvalue weighted by Crippen LogP contribution is 2.35. The van der Waals surface area contributed by atoms with Crippen LogP contribution >= 0.6 is 11.6 Å². The number of hydrogen-bond acceptors (Lipinski definition) is 8. The van der Waals surface area contributed by atoms with Gasteiger partial charge >= 0.3 is 11.7 Å². The first kappa shape index (κ1) is 24.1. The van der Waals surface area contributed by atoms with E-state index in [9.17, 15) is 14.0 Å². The van der Waals surface area contributed by atoms with Gasteiger partial charge in [0.15, 0.2) is 5.65 Å². The Labute approximate surface area is 214 Å². The first-order valence-corrected chi connectivity index (χ1v) is 11.4. The first-order valence-electron chi connectivity index (χ1n) is 11.0. The molecule has 0 aliphatic rings. The molecule has 0 bridgehead atoms. The van der Waals surface area contributed by atoms with Gasteiger partial charge in [-0.05, 0) is 30.7 Å². The summed E-state index contributed by atoms with van der Waals surface area (Å²) in [5.74, 6) is -1.31. The van der Waals surface area contributed by atoms with Gasteiger partial charge < -0.3 is 10.5 Å². The Kier molecular flexibility index (Phi) is 6.14. The average molecular weight is 520 g/mol. The van der Waals surface area contributed by atoms with Gasteiger partial charge in [-0.25, -0.2) is 33.0 Å². The lowest BCUT2D eigenvalue weighted by Crippen LogP contribution is -2.24. The fraction of sp³-hybridized carbons (Fsp3) is 0.120. The molecule has 0 amide bonds. The number of nitrogen functional groups attached to an aromatic ring is 1. The van der Waals surface area contributed by atoms with Crippen molar-refractivity contribution in [2.45, 2.75) is 13.5 Å². The van der Waals surface area contributed by atoms with Crippen molar-refractivity contribution in [3.05, 3.63) is 93.1 Å². The predicted molar refractivity (Wildman–Crippen MR) is 135 cm³/mol. The Bertz CT molecular complexity index is 1730. The van der Waals surface area contributed by atoms with Crippen LogP contribution in [0, 0.1) is 12.7 Å². The van der Waals surface area contributed by atoms with Crippen molar-refractivity contribution < 1.29 is 13.9 Å². The maximum absolute atomic E-state index is 13.5. The van der Waals surface area contributed by atoms with E-state index in [2.05, 4.69) is 20.1 Å². The summed E-state index contributed by atoms with van der Waals surface area (Å²) in [4.78, 5) is 38.4. The lowest BCUT2D eigenvalue weighted by molar-refractivity contribution is 0.0594. The molecule has 0 unspecified atom stereocenters. The monoisotopic (exact) mass is 519 g/mol. The minimum absolute atomic E-state index is 0.0488. The summed E-state index contributed by atoms with van der Waals surface area (Å²) in [6.07, 6.45) is 1.00. The van der Waals surface area contributed by atoms with E-state index in [1.165, 1.54) is 7.11 Å². The molecule has 0 aliphatic carbocycles. The van der Waals surface area contributed by atoms with E-state index in [1.807, 2.05) is 30.3 Å². The highest BCUT2D eigenvalue weighted by atomic mass is 35.5. The Hall–Kier alpha value is -4.64. The molecule has 0 saturated heterocycles. The van der Waals surface area contributed by atoms with Crippen LogP contribution in [0.25, 0.3) is 28.0 Å². The number of pyridine rings is 2. The zero-order valence-electron chi connectivity index (χ0n) is 19.6. The fourth-order valence-electron chi connectivity index (χ4n) is 4.00. The van der Waals surface area contributed by atoms with E-state index in [-0.39, 0.29) is 34.6 Å². The van der Waals surface area contributed by atoms with E-state index in [0.717, 1.165) is 21.3 Å². The van der Waals surface area contributed by atoms with Crippen LogP contribution in [-0.4, -0.2) is 42.2 Å². The van der Waals surface area contributed by atoms with E-state index >= 15 is 0 Å². The first-order chi connectivity index (χ1) is 17.8. The summed E-state index contributed by atoms with van der Waals surface area (Å²) < 4.78 is 20.6. The highest BCUT2D eigenvalue weighted by molar-refractivity contribution is 6.31. The standard InChI is InChI=1S/C25H19ClFN7O3/c1-13-8-15(9-18(30-13)23(35)37-2)20-21(14-6-4-3-5-7-14)31-24(28)34-22(20)32-33(25(34)36)12-19-17(26)10-16(27)11-29-19/h3-11H,12H2,1-2H3,(H2,28,31). The Morgan fingerprint density at radius 3 is 2.59 bits per heavy atom. The number of esters is 1. The number of halogens is 2. The third-order valence-electron chi connectivity index (χ3n) is 5.62. The van der Waals surface area contributed by atoms with E-state index in [0.29, 0.717) is 28.1 Å². The lowest BCUT2D eigenvalue weighted by atomic mass is 9.99. The van der Waals surface area contributed by atoms with Crippen LogP contribution in [0.2, 0.25) is 5.02 Å². The molecule has 0 saturated carbocycles. The van der Waals surface area contributed by atoms with Gasteiger partial charge in [-0.2, -0.15) is 0 Å². The Morgan fingerprint density at radius 2 is 1.89 bits per heavy atom. The SMILES string of the molecule is COC(=O)c1cc(-c2c(-c3ccccc3)nc(N)n3c(=O)n(Cc4ncc(F)cc4Cl)nc23)cc(C)n1. The molecule has 0 spiro atoms. The van der Waals surface area contributed by atoms with E-state index in [4.69, 9.17) is 22.1 Å². The second-order valence-corrected chi connectivity index (χ2v) is 8.52. The van der Waals surface area contributed by atoms with E-state index in [1.54, 1.807) is 19.1 Å². The zero-order valence-corrected chi connectivity index (χ0v) is 20.4. The van der Waals surface area contributed by atoms with Crippen LogP contribution in [0.4, 0.5) is 10.3 Å². The molecule has 1 aromatic carbocycles. The number of carbonyl (C=O) groups is 1. The molecular weight excluding hydrogens is 501 g/mol. The molecule has 0 radical (unpaired) electrons. The van der Waals surface area contributed by atoms with Crippen LogP contribution in [0.5, 0.6) is 0 Å². The van der Waals surface area contributed by atoms with E-state index < -0.39 is 17.5 Å². The topological polar surface area (TPSA) is 130 Å². The van der Waals surface area contributed by atoms with Crippen molar-refractivity contribution in [1.82, 2.24) is 29.1 Å². The number of methoxy groups -OCH3 is 1. The number of benzene rings is 1. The summed E-state index contributed by atoms with van der Waals surface area (Å²) in [5.41, 5.74) is 8.85. The molecule has 5 aromatic rings. The molecule has 10 nitrogen and oxygen atoms in total. The number of rotatable bonds is 5. The fourth-order valence-corrected chi connectivity index (χ4v) is 4.21. The molecule has 12 heteroatoms. The lowest BCUT2D eigenvalue weighted by Gasteiger charge is -2.13. The van der Waals surface area contributed by atoms with Crippen molar-refractivity contribution in [2.75, 3.05) is 12.8 Å². The van der Waals surface area contributed by atoms with Crippen LogP contribution in [0.15, 0.2) is 59.5 Å². The number of hydrogen-bond donors (Lipinski definition) is 1. The minimum Gasteiger partial charge on any atom is -0.464 e.